The van der Waals surface area contributed by atoms with Crippen molar-refractivity contribution in [2.75, 3.05) is 0 Å². The molecule has 0 amide bonds. The lowest BCUT2D eigenvalue weighted by atomic mass is 9.84. The third kappa shape index (κ3) is 6.52. The number of hydrogen-bond donors (Lipinski definition) is 1. The molecule has 0 aliphatic heterocycles. The van der Waals surface area contributed by atoms with Gasteiger partial charge in [-0.15, -0.1) is 0 Å². The van der Waals surface area contributed by atoms with E-state index in [9.17, 15) is 5.11 Å². The van der Waals surface area contributed by atoms with Crippen LogP contribution in [0.4, 0.5) is 0 Å². The summed E-state index contributed by atoms with van der Waals surface area (Å²) in [6, 6.07) is 0. The van der Waals surface area contributed by atoms with Gasteiger partial charge in [-0.3, -0.25) is 0 Å². The van der Waals surface area contributed by atoms with E-state index in [4.69, 9.17) is 11.0 Å². The van der Waals surface area contributed by atoms with E-state index in [2.05, 4.69) is 6.92 Å². The summed E-state index contributed by atoms with van der Waals surface area (Å²) < 4.78 is 63.9. The Morgan fingerprint density at radius 3 is 2.50 bits per heavy atom. The van der Waals surface area contributed by atoms with Crippen molar-refractivity contribution in [1.82, 2.24) is 0 Å². The van der Waals surface area contributed by atoms with Gasteiger partial charge in [0.2, 0.25) is 0 Å². The van der Waals surface area contributed by atoms with Crippen LogP contribution in [0, 0.1) is 5.89 Å². The Morgan fingerprint density at radius 1 is 1.06 bits per heavy atom. The van der Waals surface area contributed by atoms with Crippen LogP contribution < -0.4 is 0 Å². The minimum atomic E-state index is -3.02. The van der Waals surface area contributed by atoms with Crippen LogP contribution in [-0.2, 0) is 0 Å². The van der Waals surface area contributed by atoms with Crippen molar-refractivity contribution in [3.8, 4) is 0 Å². The van der Waals surface area contributed by atoms with Gasteiger partial charge < -0.3 is 5.11 Å². The highest BCUT2D eigenvalue weighted by Crippen LogP contribution is 2.28. The third-order valence-electron chi connectivity index (χ3n) is 2.86. The monoisotopic (exact) mass is 234 g/mol. The number of unbranched alkanes of at least 4 members (excludes halogenated alkanes) is 6. The molecule has 0 radical (unpaired) electrons. The fourth-order valence-electron chi connectivity index (χ4n) is 1.84. The first kappa shape index (κ1) is 6.22. The third-order valence-corrected chi connectivity index (χ3v) is 2.86. The molecule has 0 aromatic carbocycles. The summed E-state index contributed by atoms with van der Waals surface area (Å²) in [5.74, 6) is -2.33. The van der Waals surface area contributed by atoms with E-state index in [0.29, 0.717) is 6.42 Å². The lowest BCUT2D eigenvalue weighted by Gasteiger charge is -2.25. The van der Waals surface area contributed by atoms with Gasteiger partial charge in [-0.1, -0.05) is 58.3 Å². The van der Waals surface area contributed by atoms with Gasteiger partial charge in [-0.25, -0.2) is 0 Å². The Kier molecular flexibility index (Phi) is 3.51. The lowest BCUT2D eigenvalue weighted by Crippen LogP contribution is -2.17. The highest BCUT2D eigenvalue weighted by Gasteiger charge is 2.18. The summed E-state index contributed by atoms with van der Waals surface area (Å²) in [4.78, 5) is 0. The molecule has 0 aromatic rings. The Hall–Kier alpha value is -0.0400. The molecule has 2 atom stereocenters. The standard InChI is InChI=1S/C15H30O/c1-2-3-4-5-6-7-8-9-14-10-12-15(16)13-11-14/h14-16H,2-13H2,1H3/i10D2,11D2,12D2,14D,15D. The zero-order valence-corrected chi connectivity index (χ0v) is 10.3. The normalized spacial score (nSPS) is 51.9. The molecule has 0 spiro atoms. The average molecular weight is 234 g/mol. The van der Waals surface area contributed by atoms with Gasteiger partial charge >= 0.3 is 0 Å². The fraction of sp³-hybridized carbons (Fsp3) is 1.00. The molecule has 1 nitrogen and oxygen atoms in total. The number of hydrogen-bond acceptors (Lipinski definition) is 1. The van der Waals surface area contributed by atoms with Crippen molar-refractivity contribution in [3.63, 3.8) is 0 Å². The second kappa shape index (κ2) is 9.04. The van der Waals surface area contributed by atoms with Gasteiger partial charge in [0.1, 0.15) is 0 Å². The second-order valence-electron chi connectivity index (χ2n) is 4.40. The maximum Gasteiger partial charge on any atom is 0.0600 e. The number of rotatable bonds is 8. The van der Waals surface area contributed by atoms with E-state index >= 15 is 0 Å². The molecule has 0 heterocycles. The first-order valence-electron chi connectivity index (χ1n) is 10.5. The summed E-state index contributed by atoms with van der Waals surface area (Å²) in [5.41, 5.74) is 0. The van der Waals surface area contributed by atoms with Crippen molar-refractivity contribution < 1.29 is 16.1 Å². The van der Waals surface area contributed by atoms with Gasteiger partial charge in [-0.05, 0) is 31.4 Å². The van der Waals surface area contributed by atoms with Crippen LogP contribution in [0.5, 0.6) is 0 Å². The summed E-state index contributed by atoms with van der Waals surface area (Å²) in [5, 5.41) is 9.93. The highest BCUT2D eigenvalue weighted by atomic mass is 16.3. The first-order valence-corrected chi connectivity index (χ1v) is 6.49. The molecule has 0 aromatic heterocycles. The molecule has 16 heavy (non-hydrogen) atoms. The van der Waals surface area contributed by atoms with Crippen LogP contribution in [-0.4, -0.2) is 11.2 Å². The van der Waals surface area contributed by atoms with Crippen LogP contribution in [0.2, 0.25) is 0 Å². The lowest BCUT2D eigenvalue weighted by molar-refractivity contribution is 0.106. The van der Waals surface area contributed by atoms with Crippen LogP contribution in [0.25, 0.3) is 0 Å². The Balaban J connectivity index is 2.82. The zero-order valence-electron chi connectivity index (χ0n) is 18.3. The Morgan fingerprint density at radius 2 is 1.75 bits per heavy atom. The van der Waals surface area contributed by atoms with E-state index in [-0.39, 0.29) is 6.42 Å². The van der Waals surface area contributed by atoms with Gasteiger partial charge in [0.15, 0.2) is 0 Å². The molecule has 1 rings (SSSR count). The molecule has 2 unspecified atom stereocenters. The van der Waals surface area contributed by atoms with E-state index < -0.39 is 37.5 Å². The second-order valence-corrected chi connectivity index (χ2v) is 4.40. The summed E-state index contributed by atoms with van der Waals surface area (Å²) >= 11 is 0. The molecule has 0 saturated heterocycles. The Labute approximate surface area is 113 Å². The van der Waals surface area contributed by atoms with E-state index in [1.165, 1.54) is 0 Å². The molecule has 96 valence electrons. The van der Waals surface area contributed by atoms with E-state index in [1.54, 1.807) is 0 Å². The molecule has 1 fully saturated rings. The average Bonchev–Trinajstić information content (AvgIpc) is 2.43. The van der Waals surface area contributed by atoms with Gasteiger partial charge in [0.25, 0.3) is 0 Å². The maximum absolute atomic E-state index is 9.93. The van der Waals surface area contributed by atoms with Crippen LogP contribution >= 0.6 is 0 Å². The fourth-order valence-corrected chi connectivity index (χ4v) is 1.84. The molecular weight excluding hydrogens is 196 g/mol. The predicted octanol–water partition coefficient (Wildman–Crippen LogP) is 4.68. The summed E-state index contributed by atoms with van der Waals surface area (Å²) in [6.07, 6.45) is -5.84. The van der Waals surface area contributed by atoms with Crippen molar-refractivity contribution in [3.05, 3.63) is 0 Å². The smallest absolute Gasteiger partial charge is 0.0600 e. The number of aliphatic hydroxyl groups is 1. The largest absolute Gasteiger partial charge is 0.393 e. The van der Waals surface area contributed by atoms with Crippen molar-refractivity contribution >= 4 is 0 Å². The molecule has 1 aliphatic carbocycles. The molecule has 1 N–H and O–H groups in total. The van der Waals surface area contributed by atoms with E-state index in [0.717, 1.165) is 38.5 Å². The SMILES string of the molecule is [2H]C1([2H])CC([2H])(O)C([2H])([2H])C([2H])([2H])C1([2H])CCCCCCCCC. The van der Waals surface area contributed by atoms with Crippen LogP contribution in [0.1, 0.15) is 94.8 Å². The van der Waals surface area contributed by atoms with Gasteiger partial charge in [0.05, 0.1) is 7.45 Å². The molecule has 1 heteroatoms. The van der Waals surface area contributed by atoms with Crippen LogP contribution in [0.15, 0.2) is 0 Å². The van der Waals surface area contributed by atoms with Crippen molar-refractivity contribution in [2.45, 2.75) is 89.9 Å². The minimum Gasteiger partial charge on any atom is -0.393 e. The van der Waals surface area contributed by atoms with E-state index in [1.807, 2.05) is 0 Å². The summed E-state index contributed by atoms with van der Waals surface area (Å²) in [7, 11) is 0. The zero-order chi connectivity index (χ0) is 18.9. The minimum absolute atomic E-state index is 0.129. The van der Waals surface area contributed by atoms with Crippen molar-refractivity contribution in [2.24, 2.45) is 5.89 Å². The predicted molar refractivity (Wildman–Crippen MR) is 70.6 cm³/mol. The van der Waals surface area contributed by atoms with Gasteiger partial charge in [0, 0.05) is 9.60 Å². The topological polar surface area (TPSA) is 20.2 Å². The molecule has 1 aliphatic rings. The molecule has 1 saturated carbocycles. The first-order chi connectivity index (χ1) is 10.8. The summed E-state index contributed by atoms with van der Waals surface area (Å²) in [6.45, 7) is 2.12. The van der Waals surface area contributed by atoms with Gasteiger partial charge in [-0.2, -0.15) is 0 Å². The molecular formula is C15H30O. The van der Waals surface area contributed by atoms with Crippen LogP contribution in [0.3, 0.4) is 0 Å². The van der Waals surface area contributed by atoms with Crippen molar-refractivity contribution in [1.29, 1.82) is 0 Å². The highest BCUT2D eigenvalue weighted by molar-refractivity contribution is 4.71. The molecule has 0 bridgehead atoms. The quantitative estimate of drug-likeness (QED) is 0.605. The maximum atomic E-state index is 9.93. The Bertz CT molecular complexity index is 424.